The molecule has 5 nitrogen and oxygen atoms in total. The number of carbonyl (C=O) groups is 2. The molecule has 15 heavy (non-hydrogen) atoms. The topological polar surface area (TPSA) is 78.6 Å². The van der Waals surface area contributed by atoms with Crippen molar-refractivity contribution in [2.75, 3.05) is 19.8 Å². The summed E-state index contributed by atoms with van der Waals surface area (Å²) in [6.07, 6.45) is 0.522. The maximum atomic E-state index is 11.1. The Kier molecular flexibility index (Phi) is 8.31. The van der Waals surface area contributed by atoms with Crippen molar-refractivity contribution in [3.05, 3.63) is 0 Å². The molecule has 0 aliphatic heterocycles. The molecule has 0 bridgehead atoms. The first-order chi connectivity index (χ1) is 7.07. The number of esters is 1. The van der Waals surface area contributed by atoms with E-state index >= 15 is 0 Å². The fourth-order valence-corrected chi connectivity index (χ4v) is 1.05. The molecule has 0 aliphatic rings. The summed E-state index contributed by atoms with van der Waals surface area (Å²) in [6, 6.07) is 0. The second-order valence-corrected chi connectivity index (χ2v) is 3.93. The van der Waals surface area contributed by atoms with Gasteiger partial charge in [0.2, 0.25) is 5.91 Å². The molecule has 0 aromatic carbocycles. The highest BCUT2D eigenvalue weighted by Gasteiger charge is 2.13. The van der Waals surface area contributed by atoms with E-state index in [-0.39, 0.29) is 19.0 Å². The number of ether oxygens (including phenoxy) is 2. The van der Waals surface area contributed by atoms with Gasteiger partial charge in [0.05, 0.1) is 11.4 Å². The highest BCUT2D eigenvalue weighted by atomic mass is 79.9. The zero-order valence-electron chi connectivity index (χ0n) is 8.70. The molecule has 0 radical (unpaired) electrons. The van der Waals surface area contributed by atoms with Gasteiger partial charge in [0, 0.05) is 13.0 Å². The molecule has 0 aromatic rings. The quantitative estimate of drug-likeness (QED) is 0.401. The van der Waals surface area contributed by atoms with Crippen molar-refractivity contribution >= 4 is 27.8 Å². The Labute approximate surface area is 97.4 Å². The summed E-state index contributed by atoms with van der Waals surface area (Å²) in [5.41, 5.74) is 5.00. The molecule has 0 rings (SSSR count). The van der Waals surface area contributed by atoms with E-state index in [0.29, 0.717) is 19.6 Å². The molecule has 1 unspecified atom stereocenters. The van der Waals surface area contributed by atoms with Crippen molar-refractivity contribution < 1.29 is 19.1 Å². The van der Waals surface area contributed by atoms with Crippen molar-refractivity contribution in [1.29, 1.82) is 0 Å². The maximum Gasteiger partial charge on any atom is 0.305 e. The number of carbonyl (C=O) groups excluding carboxylic acids is 2. The summed E-state index contributed by atoms with van der Waals surface area (Å²) in [7, 11) is 0. The Morgan fingerprint density at radius 1 is 1.40 bits per heavy atom. The lowest BCUT2D eigenvalue weighted by atomic mass is 10.2. The molecule has 1 atom stereocenters. The van der Waals surface area contributed by atoms with Crippen molar-refractivity contribution in [2.45, 2.75) is 24.6 Å². The van der Waals surface area contributed by atoms with E-state index in [1.807, 2.05) is 6.92 Å². The lowest BCUT2D eigenvalue weighted by Gasteiger charge is -2.06. The van der Waals surface area contributed by atoms with Crippen LogP contribution in [0.2, 0.25) is 0 Å². The largest absolute Gasteiger partial charge is 0.463 e. The third kappa shape index (κ3) is 8.38. The molecular weight excluding hydrogens is 266 g/mol. The Morgan fingerprint density at radius 3 is 2.60 bits per heavy atom. The second kappa shape index (κ2) is 8.67. The fourth-order valence-electron chi connectivity index (χ4n) is 0.818. The molecule has 1 amide bonds. The monoisotopic (exact) mass is 281 g/mol. The fraction of sp³-hybridized carbons (Fsp3) is 0.778. The summed E-state index contributed by atoms with van der Waals surface area (Å²) in [5, 5.41) is 0. The van der Waals surface area contributed by atoms with Crippen LogP contribution in [0.25, 0.3) is 0 Å². The molecule has 88 valence electrons. The standard InChI is InChI=1S/C9H16BrNO4/c1-2-14-5-6-15-8(12)4-3-7(10)9(11)13/h7H,2-6H2,1H3,(H2,11,13). The third-order valence-corrected chi connectivity index (χ3v) is 2.51. The Bertz CT molecular complexity index is 210. The second-order valence-electron chi connectivity index (χ2n) is 2.83. The number of nitrogens with two attached hydrogens (primary N) is 1. The smallest absolute Gasteiger partial charge is 0.305 e. The van der Waals surface area contributed by atoms with E-state index in [0.717, 1.165) is 0 Å². The maximum absolute atomic E-state index is 11.1. The molecule has 0 saturated carbocycles. The summed E-state index contributed by atoms with van der Waals surface area (Å²) in [6.45, 7) is 3.11. The van der Waals surface area contributed by atoms with Gasteiger partial charge in [-0.1, -0.05) is 15.9 Å². The van der Waals surface area contributed by atoms with Crippen LogP contribution in [0.1, 0.15) is 19.8 Å². The molecule has 0 saturated heterocycles. The van der Waals surface area contributed by atoms with Gasteiger partial charge in [-0.15, -0.1) is 0 Å². The van der Waals surface area contributed by atoms with Crippen molar-refractivity contribution in [1.82, 2.24) is 0 Å². The van der Waals surface area contributed by atoms with E-state index in [1.54, 1.807) is 0 Å². The summed E-state index contributed by atoms with van der Waals surface area (Å²) in [5.74, 6) is -0.822. The van der Waals surface area contributed by atoms with Gasteiger partial charge in [-0.3, -0.25) is 9.59 Å². The summed E-state index contributed by atoms with van der Waals surface area (Å²) >= 11 is 3.06. The van der Waals surface area contributed by atoms with Crippen molar-refractivity contribution in [3.63, 3.8) is 0 Å². The van der Waals surface area contributed by atoms with E-state index < -0.39 is 10.7 Å². The average Bonchev–Trinajstić information content (AvgIpc) is 2.20. The lowest BCUT2D eigenvalue weighted by molar-refractivity contribution is -0.145. The minimum atomic E-state index is -0.475. The number of amides is 1. The zero-order chi connectivity index (χ0) is 11.7. The Morgan fingerprint density at radius 2 is 2.07 bits per heavy atom. The number of alkyl halides is 1. The van der Waals surface area contributed by atoms with Crippen LogP contribution >= 0.6 is 15.9 Å². The van der Waals surface area contributed by atoms with Gasteiger partial charge in [-0.05, 0) is 13.3 Å². The number of hydrogen-bond donors (Lipinski definition) is 1. The van der Waals surface area contributed by atoms with E-state index in [4.69, 9.17) is 15.2 Å². The van der Waals surface area contributed by atoms with Crippen LogP contribution in [0.5, 0.6) is 0 Å². The predicted octanol–water partition coefficient (Wildman–Crippen LogP) is 0.595. The molecule has 0 aromatic heterocycles. The highest BCUT2D eigenvalue weighted by molar-refractivity contribution is 9.10. The summed E-state index contributed by atoms with van der Waals surface area (Å²) in [4.78, 5) is 21.2. The molecule has 0 aliphatic carbocycles. The molecule has 0 spiro atoms. The van der Waals surface area contributed by atoms with Crippen LogP contribution < -0.4 is 5.73 Å². The van der Waals surface area contributed by atoms with Gasteiger partial charge in [0.25, 0.3) is 0 Å². The van der Waals surface area contributed by atoms with Gasteiger partial charge in [0.15, 0.2) is 0 Å². The van der Waals surface area contributed by atoms with Crippen LogP contribution in [0.4, 0.5) is 0 Å². The Hall–Kier alpha value is -0.620. The van der Waals surface area contributed by atoms with Gasteiger partial charge in [-0.2, -0.15) is 0 Å². The first-order valence-electron chi connectivity index (χ1n) is 4.74. The molecule has 6 heteroatoms. The number of primary amides is 1. The minimum Gasteiger partial charge on any atom is -0.463 e. The highest BCUT2D eigenvalue weighted by Crippen LogP contribution is 2.07. The van der Waals surface area contributed by atoms with Crippen LogP contribution in [0.15, 0.2) is 0 Å². The van der Waals surface area contributed by atoms with E-state index in [2.05, 4.69) is 15.9 Å². The predicted molar refractivity (Wildman–Crippen MR) is 58.6 cm³/mol. The van der Waals surface area contributed by atoms with Gasteiger partial charge >= 0.3 is 5.97 Å². The van der Waals surface area contributed by atoms with Crippen LogP contribution in [0.3, 0.4) is 0 Å². The molecule has 0 fully saturated rings. The Balaban J connectivity index is 3.45. The number of halogens is 1. The van der Waals surface area contributed by atoms with Crippen molar-refractivity contribution in [2.24, 2.45) is 5.73 Å². The number of hydrogen-bond acceptors (Lipinski definition) is 4. The minimum absolute atomic E-state index is 0.172. The van der Waals surface area contributed by atoms with E-state index in [9.17, 15) is 9.59 Å². The van der Waals surface area contributed by atoms with E-state index in [1.165, 1.54) is 0 Å². The molecule has 2 N–H and O–H groups in total. The third-order valence-electron chi connectivity index (χ3n) is 1.61. The van der Waals surface area contributed by atoms with Crippen LogP contribution in [-0.2, 0) is 19.1 Å². The van der Waals surface area contributed by atoms with Crippen molar-refractivity contribution in [3.8, 4) is 0 Å². The average molecular weight is 282 g/mol. The lowest BCUT2D eigenvalue weighted by Crippen LogP contribution is -2.24. The first-order valence-corrected chi connectivity index (χ1v) is 5.66. The SMILES string of the molecule is CCOCCOC(=O)CCC(Br)C(N)=O. The van der Waals surface area contributed by atoms with Crippen LogP contribution in [0, 0.1) is 0 Å². The van der Waals surface area contributed by atoms with Gasteiger partial charge in [0.1, 0.15) is 6.61 Å². The van der Waals surface area contributed by atoms with Gasteiger partial charge in [-0.25, -0.2) is 0 Å². The normalized spacial score (nSPS) is 12.1. The molecular formula is C9H16BrNO4. The van der Waals surface area contributed by atoms with Gasteiger partial charge < -0.3 is 15.2 Å². The zero-order valence-corrected chi connectivity index (χ0v) is 10.3. The first kappa shape index (κ1) is 14.4. The molecule has 0 heterocycles. The van der Waals surface area contributed by atoms with Crippen LogP contribution in [-0.4, -0.2) is 36.5 Å². The summed E-state index contributed by atoms with van der Waals surface area (Å²) < 4.78 is 9.82. The number of rotatable bonds is 8.